The summed E-state index contributed by atoms with van der Waals surface area (Å²) in [7, 11) is 0. The Labute approximate surface area is 193 Å². The van der Waals surface area contributed by atoms with E-state index in [1.807, 2.05) is 13.8 Å². The number of anilines is 1. The number of nitrogens with one attached hydrogen (secondary N) is 2. The summed E-state index contributed by atoms with van der Waals surface area (Å²) in [6.07, 6.45) is 0. The first-order chi connectivity index (χ1) is 15.7. The Morgan fingerprint density at radius 1 is 1.09 bits per heavy atom. The van der Waals surface area contributed by atoms with Crippen molar-refractivity contribution < 1.29 is 14.7 Å². The first-order valence-electron chi connectivity index (χ1n) is 10.2. The van der Waals surface area contributed by atoms with Gasteiger partial charge in [-0.25, -0.2) is 9.48 Å². The molecule has 0 bridgehead atoms. The van der Waals surface area contributed by atoms with E-state index in [0.717, 1.165) is 5.69 Å². The molecule has 0 unspecified atom stereocenters. The summed E-state index contributed by atoms with van der Waals surface area (Å²) in [5.74, 6) is -2.05. The number of halogens is 1. The number of nitrogens with zero attached hydrogens (tertiary/aromatic N) is 2. The highest BCUT2D eigenvalue weighted by atomic mass is 35.5. The zero-order valence-corrected chi connectivity index (χ0v) is 18.9. The van der Waals surface area contributed by atoms with Crippen LogP contribution in [0.4, 0.5) is 5.69 Å². The molecule has 168 valence electrons. The van der Waals surface area contributed by atoms with Gasteiger partial charge in [0.2, 0.25) is 0 Å². The van der Waals surface area contributed by atoms with Crippen LogP contribution in [0.3, 0.4) is 0 Å². The molecule has 4 aromatic rings. The fraction of sp³-hybridized carbons (Fsp3) is 0.167. The van der Waals surface area contributed by atoms with Crippen LogP contribution in [-0.2, 0) is 0 Å². The van der Waals surface area contributed by atoms with Crippen molar-refractivity contribution in [3.63, 3.8) is 0 Å². The van der Waals surface area contributed by atoms with Gasteiger partial charge in [0.05, 0.1) is 28.0 Å². The predicted octanol–water partition coefficient (Wildman–Crippen LogP) is 4.75. The lowest BCUT2D eigenvalue weighted by Crippen LogP contribution is -2.20. The zero-order valence-electron chi connectivity index (χ0n) is 18.1. The lowest BCUT2D eigenvalue weighted by Gasteiger charge is -2.17. The minimum Gasteiger partial charge on any atom is -0.478 e. The number of aromatic nitrogens is 3. The molecule has 9 heteroatoms. The quantitative estimate of drug-likeness (QED) is 0.394. The van der Waals surface area contributed by atoms with Crippen LogP contribution in [0.1, 0.15) is 51.9 Å². The van der Waals surface area contributed by atoms with E-state index in [9.17, 15) is 19.5 Å². The summed E-state index contributed by atoms with van der Waals surface area (Å²) in [6, 6.07) is 12.9. The number of aromatic amines is 1. The number of carbonyl (C=O) groups is 2. The van der Waals surface area contributed by atoms with Crippen LogP contribution in [-0.4, -0.2) is 31.7 Å². The molecule has 4 rings (SSSR count). The Kier molecular flexibility index (Phi) is 5.78. The topological polar surface area (TPSA) is 117 Å². The van der Waals surface area contributed by atoms with Gasteiger partial charge >= 0.3 is 5.97 Å². The Morgan fingerprint density at radius 2 is 1.79 bits per heavy atom. The first kappa shape index (κ1) is 22.3. The molecule has 0 aliphatic carbocycles. The van der Waals surface area contributed by atoms with E-state index in [4.69, 9.17) is 11.6 Å². The summed E-state index contributed by atoms with van der Waals surface area (Å²) in [4.78, 5) is 42.0. The van der Waals surface area contributed by atoms with Crippen molar-refractivity contribution in [3.8, 4) is 5.69 Å². The van der Waals surface area contributed by atoms with Crippen molar-refractivity contribution in [2.45, 2.75) is 26.7 Å². The van der Waals surface area contributed by atoms with Gasteiger partial charge < -0.3 is 10.4 Å². The molecule has 2 aromatic carbocycles. The van der Waals surface area contributed by atoms with Crippen LogP contribution >= 0.6 is 11.6 Å². The molecular formula is C24H21ClN4O4. The Morgan fingerprint density at radius 3 is 2.36 bits per heavy atom. The number of benzene rings is 2. The van der Waals surface area contributed by atoms with Gasteiger partial charge in [0.15, 0.2) is 0 Å². The van der Waals surface area contributed by atoms with Crippen molar-refractivity contribution in [1.82, 2.24) is 14.8 Å². The highest BCUT2D eigenvalue weighted by Gasteiger charge is 2.27. The van der Waals surface area contributed by atoms with E-state index >= 15 is 0 Å². The molecule has 8 nitrogen and oxygen atoms in total. The van der Waals surface area contributed by atoms with Crippen LogP contribution in [0.25, 0.3) is 16.6 Å². The molecule has 0 saturated heterocycles. The number of aryl methyl sites for hydroxylation is 1. The molecular weight excluding hydrogens is 444 g/mol. The third kappa shape index (κ3) is 4.25. The van der Waals surface area contributed by atoms with Crippen molar-refractivity contribution in [1.29, 1.82) is 0 Å². The van der Waals surface area contributed by atoms with Crippen molar-refractivity contribution in [2.75, 3.05) is 5.32 Å². The molecule has 3 N–H and O–H groups in total. The molecule has 1 amide bonds. The molecule has 0 spiro atoms. The van der Waals surface area contributed by atoms with Crippen molar-refractivity contribution in [3.05, 3.63) is 86.4 Å². The van der Waals surface area contributed by atoms with Crippen LogP contribution in [0.15, 0.2) is 53.3 Å². The largest absolute Gasteiger partial charge is 0.478 e. The number of pyridine rings is 1. The standard InChI is InChI=1S/C24H21ClN4O4/c1-12(2)22-21(24(32)33)20(17-11-14(25)4-9-18(17)27-22)23(31)26-15-5-7-16(8-6-15)29-19(30)10-13(3)28-29/h4-12,28H,1-3H3,(H,26,31)(H,32,33). The van der Waals surface area contributed by atoms with E-state index in [0.29, 0.717) is 33.0 Å². The number of rotatable bonds is 5. The molecule has 0 saturated carbocycles. The Hall–Kier alpha value is -3.91. The third-order valence-corrected chi connectivity index (χ3v) is 5.43. The smallest absolute Gasteiger partial charge is 0.338 e. The fourth-order valence-electron chi connectivity index (χ4n) is 3.72. The highest BCUT2D eigenvalue weighted by molar-refractivity contribution is 6.31. The van der Waals surface area contributed by atoms with Gasteiger partial charge in [0.25, 0.3) is 11.5 Å². The number of fused-ring (bicyclic) bond motifs is 1. The number of carboxylic acid groups (broad SMARTS) is 1. The molecule has 0 aliphatic heterocycles. The van der Waals surface area contributed by atoms with E-state index < -0.39 is 11.9 Å². The second-order valence-corrected chi connectivity index (χ2v) is 8.42. The highest BCUT2D eigenvalue weighted by Crippen LogP contribution is 2.30. The number of carbonyl (C=O) groups excluding carboxylic acids is 1. The van der Waals surface area contributed by atoms with Gasteiger partial charge in [0.1, 0.15) is 0 Å². The molecule has 0 atom stereocenters. The van der Waals surface area contributed by atoms with Gasteiger partial charge in [-0.2, -0.15) is 0 Å². The number of aromatic carboxylic acids is 1. The molecule has 0 radical (unpaired) electrons. The molecule has 33 heavy (non-hydrogen) atoms. The van der Waals surface area contributed by atoms with E-state index in [1.54, 1.807) is 49.4 Å². The van der Waals surface area contributed by atoms with Crippen LogP contribution < -0.4 is 10.9 Å². The summed E-state index contributed by atoms with van der Waals surface area (Å²) in [5.41, 5.74) is 2.21. The minimum atomic E-state index is -1.24. The summed E-state index contributed by atoms with van der Waals surface area (Å²) in [6.45, 7) is 5.42. The normalized spacial score (nSPS) is 11.2. The minimum absolute atomic E-state index is 0.000936. The SMILES string of the molecule is Cc1cc(=O)n(-c2ccc(NC(=O)c3c(C(=O)O)c(C(C)C)nc4ccc(Cl)cc34)cc2)[nH]1. The molecule has 2 heterocycles. The maximum absolute atomic E-state index is 13.3. The second-order valence-electron chi connectivity index (χ2n) is 7.98. The second kappa shape index (κ2) is 8.55. The number of hydrogen-bond acceptors (Lipinski definition) is 4. The monoisotopic (exact) mass is 464 g/mol. The van der Waals surface area contributed by atoms with Gasteiger partial charge in [-0.05, 0) is 55.3 Å². The summed E-state index contributed by atoms with van der Waals surface area (Å²) in [5, 5.41) is 16.4. The van der Waals surface area contributed by atoms with Crippen LogP contribution in [0, 0.1) is 6.92 Å². The maximum Gasteiger partial charge on any atom is 0.338 e. The van der Waals surface area contributed by atoms with Gasteiger partial charge in [-0.1, -0.05) is 25.4 Å². The first-order valence-corrected chi connectivity index (χ1v) is 10.6. The van der Waals surface area contributed by atoms with Gasteiger partial charge in [-0.3, -0.25) is 19.7 Å². The molecule has 0 fully saturated rings. The average molecular weight is 465 g/mol. The summed E-state index contributed by atoms with van der Waals surface area (Å²) < 4.78 is 1.39. The fourth-order valence-corrected chi connectivity index (χ4v) is 3.89. The van der Waals surface area contributed by atoms with Gasteiger partial charge in [-0.15, -0.1) is 0 Å². The lowest BCUT2D eigenvalue weighted by atomic mass is 9.94. The maximum atomic E-state index is 13.3. The van der Waals surface area contributed by atoms with Crippen LogP contribution in [0.2, 0.25) is 5.02 Å². The van der Waals surface area contributed by atoms with Crippen molar-refractivity contribution >= 4 is 40.1 Å². The predicted molar refractivity (Wildman–Crippen MR) is 127 cm³/mol. The lowest BCUT2D eigenvalue weighted by molar-refractivity contribution is 0.0690. The zero-order chi connectivity index (χ0) is 23.9. The average Bonchev–Trinajstić information content (AvgIpc) is 3.10. The van der Waals surface area contributed by atoms with Crippen LogP contribution in [0.5, 0.6) is 0 Å². The third-order valence-electron chi connectivity index (χ3n) is 5.19. The Bertz CT molecular complexity index is 1450. The molecule has 2 aromatic heterocycles. The molecule has 0 aliphatic rings. The van der Waals surface area contributed by atoms with E-state index in [2.05, 4.69) is 15.4 Å². The summed E-state index contributed by atoms with van der Waals surface area (Å²) >= 11 is 6.14. The van der Waals surface area contributed by atoms with Gasteiger partial charge in [0, 0.05) is 27.9 Å². The van der Waals surface area contributed by atoms with E-state index in [-0.39, 0.29) is 22.6 Å². The number of H-pyrrole nitrogens is 1. The number of carboxylic acids is 1. The Balaban J connectivity index is 1.78. The van der Waals surface area contributed by atoms with E-state index in [1.165, 1.54) is 10.7 Å². The van der Waals surface area contributed by atoms with Crippen molar-refractivity contribution in [2.24, 2.45) is 0 Å². The number of hydrogen-bond donors (Lipinski definition) is 3. The number of amides is 1.